The maximum atomic E-state index is 13.4. The van der Waals surface area contributed by atoms with Gasteiger partial charge in [0.2, 0.25) is 0 Å². The number of halogens is 6. The molecule has 2 aromatic rings. The van der Waals surface area contributed by atoms with Gasteiger partial charge in [-0.15, -0.1) is 0 Å². The zero-order valence-electron chi connectivity index (χ0n) is 23.1. The number of hydrogen-bond donors (Lipinski definition) is 4. The van der Waals surface area contributed by atoms with Gasteiger partial charge in [-0.25, -0.2) is 4.79 Å². The van der Waals surface area contributed by atoms with E-state index in [9.17, 15) is 51.3 Å². The third-order valence-electron chi connectivity index (χ3n) is 7.13. The normalized spacial score (nSPS) is 18.1. The van der Waals surface area contributed by atoms with Gasteiger partial charge in [-0.1, -0.05) is 32.9 Å². The van der Waals surface area contributed by atoms with Gasteiger partial charge in [0.15, 0.2) is 11.5 Å². The molecule has 3 rings (SSSR count). The Morgan fingerprint density at radius 2 is 1.60 bits per heavy atom. The Labute approximate surface area is 237 Å². The average Bonchev–Trinajstić information content (AvgIpc) is 3.13. The third kappa shape index (κ3) is 6.08. The van der Waals surface area contributed by atoms with Crippen LogP contribution in [-0.4, -0.2) is 57.7 Å². The number of benzene rings is 2. The van der Waals surface area contributed by atoms with Crippen LogP contribution in [0, 0.1) is 5.92 Å². The number of nitrogens with zero attached hydrogens (tertiary/aromatic N) is 1. The van der Waals surface area contributed by atoms with Gasteiger partial charge in [-0.3, -0.25) is 9.69 Å². The number of imide groups is 1. The fraction of sp³-hybridized carbons (Fsp3) is 0.500. The van der Waals surface area contributed by atoms with Gasteiger partial charge in [-0.2, -0.15) is 26.3 Å². The molecule has 1 fully saturated rings. The molecule has 1 aliphatic rings. The summed E-state index contributed by atoms with van der Waals surface area (Å²) in [5.41, 5.74) is -7.53. The fourth-order valence-electron chi connectivity index (χ4n) is 4.84. The van der Waals surface area contributed by atoms with Crippen LogP contribution in [0.5, 0.6) is 17.2 Å². The maximum Gasteiger partial charge on any atom is 0.430 e. The quantitative estimate of drug-likeness (QED) is 0.114. The van der Waals surface area contributed by atoms with Gasteiger partial charge >= 0.3 is 18.4 Å². The van der Waals surface area contributed by atoms with E-state index in [0.717, 1.165) is 11.0 Å². The van der Waals surface area contributed by atoms with Crippen LogP contribution in [0.25, 0.3) is 0 Å². The van der Waals surface area contributed by atoms with E-state index < -0.39 is 46.7 Å². The van der Waals surface area contributed by atoms with Gasteiger partial charge in [0, 0.05) is 12.1 Å². The molecular weight excluding hydrogens is 574 g/mol. The van der Waals surface area contributed by atoms with E-state index in [0.29, 0.717) is 12.1 Å². The number of amides is 3. The highest BCUT2D eigenvalue weighted by atomic mass is 19.4. The van der Waals surface area contributed by atoms with E-state index in [1.165, 1.54) is 18.2 Å². The van der Waals surface area contributed by atoms with Gasteiger partial charge in [0.05, 0.1) is 6.61 Å². The zero-order chi connectivity index (χ0) is 31.7. The second-order valence-corrected chi connectivity index (χ2v) is 10.5. The highest BCUT2D eigenvalue weighted by Crippen LogP contribution is 2.50. The summed E-state index contributed by atoms with van der Waals surface area (Å²) in [6.07, 6.45) is -11.3. The lowest BCUT2D eigenvalue weighted by atomic mass is 9.87. The van der Waals surface area contributed by atoms with E-state index in [1.807, 2.05) is 0 Å². The number of nitrogens with one attached hydrogen (secondary N) is 1. The molecule has 1 unspecified atom stereocenters. The predicted molar refractivity (Wildman–Crippen MR) is 138 cm³/mol. The molecule has 1 aliphatic heterocycles. The van der Waals surface area contributed by atoms with Crippen LogP contribution in [0.4, 0.5) is 31.1 Å². The van der Waals surface area contributed by atoms with Gasteiger partial charge < -0.3 is 25.4 Å². The summed E-state index contributed by atoms with van der Waals surface area (Å²) >= 11 is 0. The molecule has 1 heterocycles. The Bertz CT molecular complexity index is 1300. The molecule has 232 valence electrons. The number of ether oxygens (including phenoxy) is 1. The smallest absolute Gasteiger partial charge is 0.430 e. The molecule has 0 saturated carbocycles. The minimum Gasteiger partial charge on any atom is -0.504 e. The minimum atomic E-state index is -6.01. The number of phenols is 2. The minimum absolute atomic E-state index is 0.0121. The van der Waals surface area contributed by atoms with Crippen molar-refractivity contribution in [3.05, 3.63) is 53.1 Å². The van der Waals surface area contributed by atoms with Crippen molar-refractivity contribution in [2.75, 3.05) is 13.2 Å². The summed E-state index contributed by atoms with van der Waals surface area (Å²) in [5, 5.41) is 31.9. The molecule has 4 N–H and O–H groups in total. The highest BCUT2D eigenvalue weighted by Gasteiger charge is 2.71. The van der Waals surface area contributed by atoms with Gasteiger partial charge in [0.1, 0.15) is 11.3 Å². The number of aromatic hydroxyl groups is 2. The second kappa shape index (κ2) is 11.9. The van der Waals surface area contributed by atoms with E-state index in [1.54, 1.807) is 20.8 Å². The summed E-state index contributed by atoms with van der Waals surface area (Å²) in [6.45, 7) is 5.06. The summed E-state index contributed by atoms with van der Waals surface area (Å²) in [5.74, 6) is -1.52. The first-order valence-electron chi connectivity index (χ1n) is 13.2. The number of alkyl halides is 6. The highest BCUT2D eigenvalue weighted by molar-refractivity contribution is 6.07. The molecule has 0 radical (unpaired) electrons. The SMILES string of the molecule is CCC1(c2ccc(O)c(O)c2)NC(=O)N(CCCCOc2ccc(C(O)(C(F)(F)F)C(F)(F)F)cc2CC(C)C)C1=O. The Morgan fingerprint density at radius 3 is 2.14 bits per heavy atom. The first-order chi connectivity index (χ1) is 19.4. The Morgan fingerprint density at radius 1 is 0.952 bits per heavy atom. The molecule has 42 heavy (non-hydrogen) atoms. The number of hydrogen-bond acceptors (Lipinski definition) is 6. The molecule has 0 aromatic heterocycles. The fourth-order valence-corrected chi connectivity index (χ4v) is 4.84. The summed E-state index contributed by atoms with van der Waals surface area (Å²) in [7, 11) is 0. The lowest BCUT2D eigenvalue weighted by molar-refractivity contribution is -0.376. The second-order valence-electron chi connectivity index (χ2n) is 10.5. The summed E-state index contributed by atoms with van der Waals surface area (Å²) < 4.78 is 85.9. The van der Waals surface area contributed by atoms with Crippen LogP contribution in [0.2, 0.25) is 0 Å². The lowest BCUT2D eigenvalue weighted by Crippen LogP contribution is -2.53. The van der Waals surface area contributed by atoms with Crippen LogP contribution < -0.4 is 10.1 Å². The number of carbonyl (C=O) groups excluding carboxylic acids is 2. The van der Waals surface area contributed by atoms with Crippen LogP contribution in [0.15, 0.2) is 36.4 Å². The van der Waals surface area contributed by atoms with Crippen molar-refractivity contribution in [3.8, 4) is 17.2 Å². The molecule has 0 aliphatic carbocycles. The van der Waals surface area contributed by atoms with Gasteiger partial charge in [-0.05, 0) is 67.0 Å². The van der Waals surface area contributed by atoms with E-state index in [4.69, 9.17) is 4.74 Å². The maximum absolute atomic E-state index is 13.4. The van der Waals surface area contributed by atoms with Crippen LogP contribution in [0.3, 0.4) is 0 Å². The lowest BCUT2D eigenvalue weighted by Gasteiger charge is -2.33. The molecular formula is C28H32F6N2O6. The average molecular weight is 607 g/mol. The van der Waals surface area contributed by atoms with E-state index >= 15 is 0 Å². The Kier molecular flexibility index (Phi) is 9.30. The Hall–Kier alpha value is -3.68. The van der Waals surface area contributed by atoms with Crippen LogP contribution in [0.1, 0.15) is 56.7 Å². The van der Waals surface area contributed by atoms with Crippen molar-refractivity contribution in [2.24, 2.45) is 5.92 Å². The van der Waals surface area contributed by atoms with Crippen molar-refractivity contribution in [1.82, 2.24) is 10.2 Å². The molecule has 14 heteroatoms. The van der Waals surface area contributed by atoms with Crippen molar-refractivity contribution in [2.45, 2.75) is 69.9 Å². The molecule has 2 aromatic carbocycles. The van der Waals surface area contributed by atoms with Crippen molar-refractivity contribution in [3.63, 3.8) is 0 Å². The summed E-state index contributed by atoms with van der Waals surface area (Å²) in [6, 6.07) is 5.28. The monoisotopic (exact) mass is 606 g/mol. The van der Waals surface area contributed by atoms with Crippen molar-refractivity contribution in [1.29, 1.82) is 0 Å². The molecule has 1 saturated heterocycles. The van der Waals surface area contributed by atoms with Gasteiger partial charge in [0.25, 0.3) is 11.5 Å². The topological polar surface area (TPSA) is 119 Å². The first kappa shape index (κ1) is 32.8. The standard InChI is InChI=1S/C28H32F6N2O6/c1-4-25(18-7-9-20(37)21(38)15-18)23(39)36(24(40)35-25)11-5-6-12-42-22-10-8-19(14-17(22)13-16(2)3)26(41,27(29,30)31)28(32,33)34/h7-10,14-16,37-38,41H,4-6,11-13H2,1-3H3,(H,35,40). The number of urea groups is 1. The number of rotatable bonds is 11. The summed E-state index contributed by atoms with van der Waals surface area (Å²) in [4.78, 5) is 26.9. The van der Waals surface area contributed by atoms with Crippen LogP contribution >= 0.6 is 0 Å². The Balaban J connectivity index is 1.69. The number of aliphatic hydroxyl groups is 1. The zero-order valence-corrected chi connectivity index (χ0v) is 23.1. The third-order valence-corrected chi connectivity index (χ3v) is 7.13. The van der Waals surface area contributed by atoms with E-state index in [-0.39, 0.29) is 67.4 Å². The van der Waals surface area contributed by atoms with E-state index in [2.05, 4.69) is 5.32 Å². The van der Waals surface area contributed by atoms with Crippen LogP contribution in [-0.2, 0) is 22.4 Å². The predicted octanol–water partition coefficient (Wildman–Crippen LogP) is 5.62. The molecule has 3 amide bonds. The molecule has 0 bridgehead atoms. The number of carbonyl (C=O) groups is 2. The molecule has 8 nitrogen and oxygen atoms in total. The first-order valence-corrected chi connectivity index (χ1v) is 13.2. The molecule has 1 atom stereocenters. The number of unbranched alkanes of at least 4 members (excludes halogenated alkanes) is 1. The number of phenolic OH excluding ortho intramolecular Hbond substituents is 2. The van der Waals surface area contributed by atoms with Crippen molar-refractivity contribution >= 4 is 11.9 Å². The largest absolute Gasteiger partial charge is 0.504 e. The molecule has 0 spiro atoms. The van der Waals surface area contributed by atoms with Crippen molar-refractivity contribution < 1.29 is 56.0 Å².